The molecule has 0 aromatic heterocycles. The Labute approximate surface area is 104 Å². The number of nitrogens with zero attached hydrogens (tertiary/aromatic N) is 1. The molecule has 0 fully saturated rings. The van der Waals surface area contributed by atoms with Crippen LogP contribution in [0.5, 0.6) is 0 Å². The van der Waals surface area contributed by atoms with Gasteiger partial charge in [-0.3, -0.25) is 4.90 Å². The zero-order valence-electron chi connectivity index (χ0n) is 9.01. The van der Waals surface area contributed by atoms with Crippen LogP contribution in [0.25, 0.3) is 0 Å². The maximum atomic E-state index is 11.5. The highest BCUT2D eigenvalue weighted by molar-refractivity contribution is 6.30. The van der Waals surface area contributed by atoms with Gasteiger partial charge in [-0.1, -0.05) is 29.8 Å². The van der Waals surface area contributed by atoms with Crippen LogP contribution in [0.4, 0.5) is 16.2 Å². The molecule has 0 bridgehead atoms. The van der Waals surface area contributed by atoms with Crippen molar-refractivity contribution in [3.05, 3.63) is 59.6 Å². The molecule has 2 aromatic rings. The number of primary amides is 1. The molecule has 0 atom stereocenters. The van der Waals surface area contributed by atoms with Crippen molar-refractivity contribution >= 4 is 29.0 Å². The Hall–Kier alpha value is -2.00. The van der Waals surface area contributed by atoms with Crippen molar-refractivity contribution in [2.24, 2.45) is 5.73 Å². The molecule has 0 aliphatic carbocycles. The van der Waals surface area contributed by atoms with Crippen molar-refractivity contribution < 1.29 is 4.79 Å². The number of rotatable bonds is 2. The van der Waals surface area contributed by atoms with Crippen LogP contribution in [-0.2, 0) is 0 Å². The second kappa shape index (κ2) is 4.89. The third-order valence-electron chi connectivity index (χ3n) is 2.32. The molecule has 0 aliphatic heterocycles. The van der Waals surface area contributed by atoms with Crippen molar-refractivity contribution in [3.63, 3.8) is 0 Å². The third kappa shape index (κ3) is 2.57. The molecular weight excluding hydrogens is 236 g/mol. The van der Waals surface area contributed by atoms with E-state index in [1.807, 2.05) is 30.3 Å². The summed E-state index contributed by atoms with van der Waals surface area (Å²) in [6, 6.07) is 15.6. The Bertz CT molecular complexity index is 511. The number of amides is 2. The van der Waals surface area contributed by atoms with Crippen molar-refractivity contribution in [1.29, 1.82) is 0 Å². The molecular formula is C13H11ClN2O. The summed E-state index contributed by atoms with van der Waals surface area (Å²) in [7, 11) is 0. The van der Waals surface area contributed by atoms with Crippen molar-refractivity contribution in [1.82, 2.24) is 0 Å². The van der Waals surface area contributed by atoms with Crippen molar-refractivity contribution in [3.8, 4) is 0 Å². The quantitative estimate of drug-likeness (QED) is 0.865. The SMILES string of the molecule is NC(=O)N(c1ccccc1)c1ccc(Cl)cc1. The predicted molar refractivity (Wildman–Crippen MR) is 69.6 cm³/mol. The highest BCUT2D eigenvalue weighted by Crippen LogP contribution is 2.25. The molecule has 4 heteroatoms. The number of urea groups is 1. The van der Waals surface area contributed by atoms with Gasteiger partial charge >= 0.3 is 6.03 Å². The van der Waals surface area contributed by atoms with Gasteiger partial charge in [0.25, 0.3) is 0 Å². The van der Waals surface area contributed by atoms with Crippen LogP contribution in [0.1, 0.15) is 0 Å². The first-order chi connectivity index (χ1) is 8.18. The molecule has 0 heterocycles. The fraction of sp³-hybridized carbons (Fsp3) is 0. The number of halogens is 1. The van der Waals surface area contributed by atoms with E-state index in [4.69, 9.17) is 17.3 Å². The molecule has 3 nitrogen and oxygen atoms in total. The first-order valence-electron chi connectivity index (χ1n) is 5.08. The van der Waals surface area contributed by atoms with E-state index in [0.717, 1.165) is 5.69 Å². The van der Waals surface area contributed by atoms with E-state index in [0.29, 0.717) is 10.7 Å². The second-order valence-corrected chi connectivity index (χ2v) is 3.92. The van der Waals surface area contributed by atoms with Crippen LogP contribution in [0, 0.1) is 0 Å². The number of hydrogen-bond acceptors (Lipinski definition) is 1. The third-order valence-corrected chi connectivity index (χ3v) is 2.57. The van der Waals surface area contributed by atoms with Gasteiger partial charge < -0.3 is 5.73 Å². The molecule has 0 unspecified atom stereocenters. The Balaban J connectivity index is 2.43. The summed E-state index contributed by atoms with van der Waals surface area (Å²) in [4.78, 5) is 12.9. The smallest absolute Gasteiger partial charge is 0.323 e. The van der Waals surface area contributed by atoms with E-state index in [1.54, 1.807) is 24.3 Å². The van der Waals surface area contributed by atoms with Crippen LogP contribution in [0.3, 0.4) is 0 Å². The molecule has 0 spiro atoms. The highest BCUT2D eigenvalue weighted by atomic mass is 35.5. The van der Waals surface area contributed by atoms with Crippen LogP contribution in [0.15, 0.2) is 54.6 Å². The van der Waals surface area contributed by atoms with Gasteiger partial charge in [-0.2, -0.15) is 0 Å². The van der Waals surface area contributed by atoms with E-state index >= 15 is 0 Å². The standard InChI is InChI=1S/C13H11ClN2O/c14-10-6-8-12(9-7-10)16(13(15)17)11-4-2-1-3-5-11/h1-9H,(H2,15,17). The Kier molecular flexibility index (Phi) is 3.30. The van der Waals surface area contributed by atoms with E-state index < -0.39 is 6.03 Å². The zero-order valence-corrected chi connectivity index (χ0v) is 9.76. The molecule has 2 aromatic carbocycles. The summed E-state index contributed by atoms with van der Waals surface area (Å²) in [5.74, 6) is 0. The molecule has 2 rings (SSSR count). The van der Waals surface area contributed by atoms with Crippen LogP contribution >= 0.6 is 11.6 Å². The summed E-state index contributed by atoms with van der Waals surface area (Å²) in [5.41, 5.74) is 6.81. The predicted octanol–water partition coefficient (Wildman–Crippen LogP) is 3.56. The summed E-state index contributed by atoms with van der Waals surface area (Å²) >= 11 is 5.81. The van der Waals surface area contributed by atoms with Crippen LogP contribution in [0.2, 0.25) is 5.02 Å². The minimum atomic E-state index is -0.529. The van der Waals surface area contributed by atoms with Crippen molar-refractivity contribution in [2.45, 2.75) is 0 Å². The number of benzene rings is 2. The number of nitrogens with two attached hydrogens (primary N) is 1. The highest BCUT2D eigenvalue weighted by Gasteiger charge is 2.13. The lowest BCUT2D eigenvalue weighted by molar-refractivity contribution is 0.256. The molecule has 86 valence electrons. The lowest BCUT2D eigenvalue weighted by atomic mass is 10.2. The summed E-state index contributed by atoms with van der Waals surface area (Å²) in [6.45, 7) is 0. The monoisotopic (exact) mass is 246 g/mol. The molecule has 0 saturated carbocycles. The van der Waals surface area contributed by atoms with Crippen LogP contribution in [-0.4, -0.2) is 6.03 Å². The minimum Gasteiger partial charge on any atom is -0.351 e. The van der Waals surface area contributed by atoms with Gasteiger partial charge in [-0.05, 0) is 36.4 Å². The first-order valence-corrected chi connectivity index (χ1v) is 5.46. The molecule has 0 radical (unpaired) electrons. The zero-order chi connectivity index (χ0) is 12.3. The van der Waals surface area contributed by atoms with Gasteiger partial charge in [0.15, 0.2) is 0 Å². The average Bonchev–Trinajstić information content (AvgIpc) is 2.33. The maximum absolute atomic E-state index is 11.5. The second-order valence-electron chi connectivity index (χ2n) is 3.49. The fourth-order valence-electron chi connectivity index (χ4n) is 1.57. The summed E-state index contributed by atoms with van der Waals surface area (Å²) < 4.78 is 0. The largest absolute Gasteiger partial charge is 0.351 e. The van der Waals surface area contributed by atoms with Gasteiger partial charge in [0.05, 0.1) is 11.4 Å². The van der Waals surface area contributed by atoms with Crippen molar-refractivity contribution in [2.75, 3.05) is 4.90 Å². The normalized spacial score (nSPS) is 9.94. The Morgan fingerprint density at radius 2 is 1.47 bits per heavy atom. The molecule has 17 heavy (non-hydrogen) atoms. The number of anilines is 2. The van der Waals surface area contributed by atoms with E-state index in [9.17, 15) is 4.79 Å². The van der Waals surface area contributed by atoms with E-state index in [2.05, 4.69) is 0 Å². The number of para-hydroxylation sites is 1. The van der Waals surface area contributed by atoms with E-state index in [-0.39, 0.29) is 0 Å². The number of carbonyl (C=O) groups is 1. The maximum Gasteiger partial charge on any atom is 0.323 e. The van der Waals surface area contributed by atoms with Gasteiger partial charge in [-0.25, -0.2) is 4.79 Å². The Morgan fingerprint density at radius 3 is 2.00 bits per heavy atom. The van der Waals surface area contributed by atoms with Gasteiger partial charge in [0, 0.05) is 5.02 Å². The van der Waals surface area contributed by atoms with Gasteiger partial charge in [-0.15, -0.1) is 0 Å². The lowest BCUT2D eigenvalue weighted by Crippen LogP contribution is -2.31. The number of hydrogen-bond donors (Lipinski definition) is 1. The molecule has 0 saturated heterocycles. The first kappa shape index (κ1) is 11.5. The minimum absolute atomic E-state index is 0.529. The fourth-order valence-corrected chi connectivity index (χ4v) is 1.70. The average molecular weight is 247 g/mol. The topological polar surface area (TPSA) is 46.3 Å². The summed E-state index contributed by atoms with van der Waals surface area (Å²) in [5, 5.41) is 0.617. The molecule has 2 amide bonds. The van der Waals surface area contributed by atoms with E-state index in [1.165, 1.54) is 4.90 Å². The van der Waals surface area contributed by atoms with Gasteiger partial charge in [0.1, 0.15) is 0 Å². The van der Waals surface area contributed by atoms with Crippen LogP contribution < -0.4 is 10.6 Å². The molecule has 0 aliphatic rings. The molecule has 2 N–H and O–H groups in total. The van der Waals surface area contributed by atoms with Gasteiger partial charge in [0.2, 0.25) is 0 Å². The Morgan fingerprint density at radius 1 is 0.941 bits per heavy atom. The lowest BCUT2D eigenvalue weighted by Gasteiger charge is -2.20. The summed E-state index contributed by atoms with van der Waals surface area (Å²) in [6.07, 6.45) is 0. The number of carbonyl (C=O) groups excluding carboxylic acids is 1.